The molecule has 1 aromatic carbocycles. The van der Waals surface area contributed by atoms with E-state index in [4.69, 9.17) is 9.47 Å². The number of rotatable bonds is 10. The van der Waals surface area contributed by atoms with Gasteiger partial charge in [-0.2, -0.15) is 18.2 Å². The summed E-state index contributed by atoms with van der Waals surface area (Å²) in [6.45, 7) is 2.12. The molecule has 1 N–H and O–H groups in total. The van der Waals surface area contributed by atoms with Crippen molar-refractivity contribution in [2.75, 3.05) is 44.4 Å². The van der Waals surface area contributed by atoms with Crippen LogP contribution in [0.4, 0.5) is 24.8 Å². The van der Waals surface area contributed by atoms with Gasteiger partial charge in [-0.05, 0) is 68.1 Å². The van der Waals surface area contributed by atoms with Crippen LogP contribution < -0.4 is 15.6 Å². The molecule has 6 rings (SSSR count). The van der Waals surface area contributed by atoms with Crippen LogP contribution in [0.15, 0.2) is 57.0 Å². The van der Waals surface area contributed by atoms with Crippen molar-refractivity contribution in [3.05, 3.63) is 69.5 Å². The zero-order valence-electron chi connectivity index (χ0n) is 25.3. The van der Waals surface area contributed by atoms with Gasteiger partial charge in [0, 0.05) is 55.1 Å². The fourth-order valence-corrected chi connectivity index (χ4v) is 8.48. The lowest BCUT2D eigenvalue weighted by atomic mass is 9.91. The minimum atomic E-state index is -4.95. The summed E-state index contributed by atoms with van der Waals surface area (Å²) >= 11 is 0.635. The van der Waals surface area contributed by atoms with E-state index in [1.807, 2.05) is 19.2 Å². The van der Waals surface area contributed by atoms with E-state index in [0.29, 0.717) is 54.2 Å². The maximum absolute atomic E-state index is 13.9. The fourth-order valence-electron chi connectivity index (χ4n) is 5.81. The monoisotopic (exact) mass is 691 g/mol. The third-order valence-corrected chi connectivity index (χ3v) is 11.5. The molecule has 0 bridgehead atoms. The third kappa shape index (κ3) is 7.66. The number of pyridine rings is 1. The molecule has 250 valence electrons. The number of carbonyl (C=O) groups excluding carboxylic acids is 1. The Morgan fingerprint density at radius 1 is 1.15 bits per heavy atom. The predicted molar refractivity (Wildman–Crippen MR) is 169 cm³/mol. The second kappa shape index (κ2) is 13.3. The first-order chi connectivity index (χ1) is 22.4. The number of halogens is 3. The molecule has 0 amide bonds. The van der Waals surface area contributed by atoms with Crippen LogP contribution >= 0.6 is 11.3 Å². The van der Waals surface area contributed by atoms with Gasteiger partial charge in [0.25, 0.3) is 5.56 Å². The number of carbonyl (C=O) groups is 1. The molecule has 2 fully saturated rings. The largest absolute Gasteiger partial charge is 0.489 e. The van der Waals surface area contributed by atoms with Gasteiger partial charge in [0.1, 0.15) is 21.7 Å². The molecule has 1 atom stereocenters. The molecule has 16 heteroatoms. The van der Waals surface area contributed by atoms with Crippen LogP contribution in [0.2, 0.25) is 0 Å². The molecular weight excluding hydrogens is 659 g/mol. The number of anilines is 2. The molecule has 2 aliphatic heterocycles. The number of nitrogens with one attached hydrogen (secondary N) is 1. The van der Waals surface area contributed by atoms with E-state index in [0.717, 1.165) is 24.1 Å². The molecule has 4 aromatic rings. The van der Waals surface area contributed by atoms with E-state index in [1.54, 1.807) is 12.1 Å². The number of thiophene rings is 1. The number of ether oxygens (including phenoxy) is 2. The van der Waals surface area contributed by atoms with Crippen LogP contribution in [0, 0.1) is 5.92 Å². The van der Waals surface area contributed by atoms with Crippen LogP contribution in [0.25, 0.3) is 11.0 Å². The molecule has 0 radical (unpaired) electrons. The molecular formula is C31H32F3N5O6S2. The van der Waals surface area contributed by atoms with E-state index < -0.39 is 49.8 Å². The summed E-state index contributed by atoms with van der Waals surface area (Å²) in [6, 6.07) is 9.96. The zero-order chi connectivity index (χ0) is 33.3. The molecule has 47 heavy (non-hydrogen) atoms. The second-order valence-corrected chi connectivity index (χ2v) is 14.8. The fraction of sp³-hybridized carbons (Fsp3) is 0.419. The summed E-state index contributed by atoms with van der Waals surface area (Å²) in [5, 5.41) is 4.75. The zero-order valence-corrected chi connectivity index (χ0v) is 27.0. The Labute approximate surface area is 272 Å². The number of benzene rings is 1. The SMILES string of the molecule is CN1CCC(Oc2ccc(Nc3ncc4cc(C(=O)C5CCOCC5)c(=O)n(Cc5ccsc5S(=O)(=O)CC(F)(F)F)c4n3)cc2)C1. The first-order valence-electron chi connectivity index (χ1n) is 15.0. The van der Waals surface area contributed by atoms with Gasteiger partial charge >= 0.3 is 6.18 Å². The second-order valence-electron chi connectivity index (χ2n) is 11.7. The number of hydrogen-bond acceptors (Lipinski definition) is 11. The van der Waals surface area contributed by atoms with Gasteiger partial charge in [0.2, 0.25) is 5.95 Å². The lowest BCUT2D eigenvalue weighted by Crippen LogP contribution is -2.32. The number of aromatic nitrogens is 3. The lowest BCUT2D eigenvalue weighted by Gasteiger charge is -2.21. The van der Waals surface area contributed by atoms with Crippen LogP contribution in [0.5, 0.6) is 5.75 Å². The number of hydrogen-bond donors (Lipinski definition) is 1. The van der Waals surface area contributed by atoms with Crippen LogP contribution in [-0.4, -0.2) is 85.0 Å². The molecule has 5 heterocycles. The maximum Gasteiger partial charge on any atom is 0.403 e. The molecule has 3 aromatic heterocycles. The maximum atomic E-state index is 13.9. The van der Waals surface area contributed by atoms with Crippen molar-refractivity contribution in [3.8, 4) is 5.75 Å². The van der Waals surface area contributed by atoms with E-state index >= 15 is 0 Å². The Hall–Kier alpha value is -3.86. The molecule has 0 aliphatic carbocycles. The van der Waals surface area contributed by atoms with Gasteiger partial charge in [0.05, 0.1) is 12.1 Å². The number of fused-ring (bicyclic) bond motifs is 1. The van der Waals surface area contributed by atoms with E-state index in [2.05, 4.69) is 20.2 Å². The smallest absolute Gasteiger partial charge is 0.403 e. The van der Waals surface area contributed by atoms with E-state index in [-0.39, 0.29) is 28.8 Å². The Kier molecular flexibility index (Phi) is 9.38. The topological polar surface area (TPSA) is 133 Å². The van der Waals surface area contributed by atoms with Gasteiger partial charge in [-0.1, -0.05) is 0 Å². The number of sulfone groups is 1. The lowest BCUT2D eigenvalue weighted by molar-refractivity contribution is -0.106. The molecule has 11 nitrogen and oxygen atoms in total. The highest BCUT2D eigenvalue weighted by Crippen LogP contribution is 2.30. The Morgan fingerprint density at radius 3 is 2.57 bits per heavy atom. The summed E-state index contributed by atoms with van der Waals surface area (Å²) in [7, 11) is -2.72. The normalized spacial score (nSPS) is 18.1. The van der Waals surface area contributed by atoms with Gasteiger partial charge in [0.15, 0.2) is 21.4 Å². The van der Waals surface area contributed by atoms with Gasteiger partial charge in [-0.25, -0.2) is 13.4 Å². The van der Waals surface area contributed by atoms with E-state index in [1.165, 1.54) is 23.7 Å². The van der Waals surface area contributed by atoms with Gasteiger partial charge in [-0.3, -0.25) is 14.2 Å². The summed E-state index contributed by atoms with van der Waals surface area (Å²) < 4.78 is 76.9. The van der Waals surface area contributed by atoms with E-state index in [9.17, 15) is 31.2 Å². The molecule has 0 spiro atoms. The quantitative estimate of drug-likeness (QED) is 0.234. The number of likely N-dealkylation sites (tertiary alicyclic amines) is 1. The molecule has 0 saturated carbocycles. The summed E-state index contributed by atoms with van der Waals surface area (Å²) in [5.41, 5.74) is -0.184. The van der Waals surface area contributed by atoms with Crippen molar-refractivity contribution < 1.29 is 35.9 Å². The number of nitrogens with zero attached hydrogens (tertiary/aromatic N) is 4. The summed E-state index contributed by atoms with van der Waals surface area (Å²) in [5.74, 6) is -2.07. The Bertz CT molecular complexity index is 1940. The van der Waals surface area contributed by atoms with Crippen LogP contribution in [-0.2, 0) is 21.1 Å². The molecule has 2 saturated heterocycles. The highest BCUT2D eigenvalue weighted by Gasteiger charge is 2.38. The Morgan fingerprint density at radius 2 is 1.89 bits per heavy atom. The number of Topliss-reactive ketones (excluding diaryl/α,β-unsaturated/α-hetero) is 1. The number of likely N-dealkylation sites (N-methyl/N-ethyl adjacent to an activating group) is 1. The van der Waals surface area contributed by atoms with Crippen molar-refractivity contribution in [1.82, 2.24) is 19.4 Å². The van der Waals surface area contributed by atoms with Crippen LogP contribution in [0.1, 0.15) is 35.2 Å². The summed E-state index contributed by atoms with van der Waals surface area (Å²) in [4.78, 5) is 38.6. The van der Waals surface area contributed by atoms with Crippen molar-refractivity contribution in [2.24, 2.45) is 5.92 Å². The predicted octanol–water partition coefficient (Wildman–Crippen LogP) is 4.67. The number of ketones is 1. The number of alkyl halides is 3. The average molecular weight is 692 g/mol. The molecule has 1 unspecified atom stereocenters. The first kappa shape index (κ1) is 33.1. The Balaban J connectivity index is 1.35. The van der Waals surface area contributed by atoms with Gasteiger partial charge in [-0.15, -0.1) is 11.3 Å². The average Bonchev–Trinajstić information content (AvgIpc) is 3.67. The van der Waals surface area contributed by atoms with Crippen molar-refractivity contribution in [2.45, 2.75) is 42.3 Å². The minimum absolute atomic E-state index is 0.0181. The van der Waals surface area contributed by atoms with Crippen LogP contribution in [0.3, 0.4) is 0 Å². The highest BCUT2D eigenvalue weighted by atomic mass is 32.2. The highest BCUT2D eigenvalue weighted by molar-refractivity contribution is 7.93. The molecule has 2 aliphatic rings. The standard InChI is InChI=1S/C31H32F3N5O6S2/c1-38-10-6-24(17-38)45-23-4-2-22(3-5-23)36-30-35-15-21-14-25(26(40)19-7-11-44-12-8-19)28(41)39(27(21)37-30)16-20-9-13-46-29(20)47(42,43)18-31(32,33)34/h2-5,9,13-15,19,24H,6-8,10-12,16-18H2,1H3,(H,35,36,37). The van der Waals surface area contributed by atoms with Crippen molar-refractivity contribution >= 4 is 49.6 Å². The van der Waals surface area contributed by atoms with Crippen molar-refractivity contribution in [1.29, 1.82) is 0 Å². The summed E-state index contributed by atoms with van der Waals surface area (Å²) in [6.07, 6.45) is -1.61. The van der Waals surface area contributed by atoms with Gasteiger partial charge < -0.3 is 19.7 Å². The minimum Gasteiger partial charge on any atom is -0.489 e. The van der Waals surface area contributed by atoms with Crippen molar-refractivity contribution in [3.63, 3.8) is 0 Å². The first-order valence-corrected chi connectivity index (χ1v) is 17.5. The third-order valence-electron chi connectivity index (χ3n) is 8.12.